The average molecular weight is 281 g/mol. The van der Waals surface area contributed by atoms with E-state index in [-0.39, 0.29) is 17.8 Å². The van der Waals surface area contributed by atoms with Crippen molar-refractivity contribution in [1.82, 2.24) is 15.0 Å². The highest BCUT2D eigenvalue weighted by Gasteiger charge is 2.20. The smallest absolute Gasteiger partial charge is 0.358 e. The van der Waals surface area contributed by atoms with Gasteiger partial charge < -0.3 is 5.11 Å². The molecule has 0 atom stereocenters. The van der Waals surface area contributed by atoms with Crippen molar-refractivity contribution >= 4 is 5.97 Å². The molecule has 0 spiro atoms. The molecular formula is C13H13F2N3O2. The van der Waals surface area contributed by atoms with Gasteiger partial charge in [-0.3, -0.25) is 0 Å². The summed E-state index contributed by atoms with van der Waals surface area (Å²) in [5.41, 5.74) is 0.0259. The molecule has 5 nitrogen and oxygen atoms in total. The van der Waals surface area contributed by atoms with Crippen LogP contribution in [0.15, 0.2) is 18.2 Å². The minimum absolute atomic E-state index is 0.160. The lowest BCUT2D eigenvalue weighted by atomic mass is 10.1. The highest BCUT2D eigenvalue weighted by atomic mass is 19.1. The number of hydrogen-bond acceptors (Lipinski definition) is 3. The fourth-order valence-electron chi connectivity index (χ4n) is 1.94. The normalized spacial score (nSPS) is 10.8. The van der Waals surface area contributed by atoms with Crippen LogP contribution in [0.3, 0.4) is 0 Å². The van der Waals surface area contributed by atoms with Crippen molar-refractivity contribution in [1.29, 1.82) is 0 Å². The predicted molar refractivity (Wildman–Crippen MR) is 66.4 cm³/mol. The van der Waals surface area contributed by atoms with Crippen LogP contribution in [-0.2, 0) is 13.0 Å². The Labute approximate surface area is 113 Å². The summed E-state index contributed by atoms with van der Waals surface area (Å²) in [6, 6.07) is 3.56. The molecule has 2 rings (SSSR count). The molecule has 0 saturated carbocycles. The van der Waals surface area contributed by atoms with Crippen molar-refractivity contribution in [2.75, 3.05) is 0 Å². The first-order valence-corrected chi connectivity index (χ1v) is 6.13. The zero-order valence-corrected chi connectivity index (χ0v) is 10.8. The van der Waals surface area contributed by atoms with Crippen LogP contribution in [0.2, 0.25) is 0 Å². The maximum Gasteiger partial charge on any atom is 0.358 e. The maximum absolute atomic E-state index is 13.6. The Kier molecular flexibility index (Phi) is 4.07. The van der Waals surface area contributed by atoms with Gasteiger partial charge in [0.25, 0.3) is 0 Å². The number of aromatic carboxylic acids is 1. The van der Waals surface area contributed by atoms with Gasteiger partial charge in [0, 0.05) is 5.56 Å². The zero-order valence-electron chi connectivity index (χ0n) is 10.8. The molecule has 0 radical (unpaired) electrons. The Morgan fingerprint density at radius 2 is 2.00 bits per heavy atom. The Bertz CT molecular complexity index is 620. The largest absolute Gasteiger partial charge is 0.476 e. The fraction of sp³-hybridized carbons (Fsp3) is 0.308. The molecular weight excluding hydrogens is 268 g/mol. The molecule has 0 aliphatic heterocycles. The van der Waals surface area contributed by atoms with Gasteiger partial charge in [-0.25, -0.2) is 18.3 Å². The molecule has 0 aliphatic carbocycles. The summed E-state index contributed by atoms with van der Waals surface area (Å²) in [5.74, 6) is -2.59. The fourth-order valence-corrected chi connectivity index (χ4v) is 1.94. The molecule has 7 heteroatoms. The van der Waals surface area contributed by atoms with E-state index in [1.54, 1.807) is 0 Å². The van der Waals surface area contributed by atoms with Gasteiger partial charge in [-0.2, -0.15) is 0 Å². The van der Waals surface area contributed by atoms with Gasteiger partial charge >= 0.3 is 5.97 Å². The Morgan fingerprint density at radius 3 is 2.55 bits per heavy atom. The van der Waals surface area contributed by atoms with Crippen LogP contribution < -0.4 is 0 Å². The van der Waals surface area contributed by atoms with E-state index in [1.807, 2.05) is 6.92 Å². The first-order valence-electron chi connectivity index (χ1n) is 6.13. The second kappa shape index (κ2) is 5.77. The summed E-state index contributed by atoms with van der Waals surface area (Å²) in [7, 11) is 0. The minimum atomic E-state index is -1.20. The molecule has 2 aromatic rings. The highest BCUT2D eigenvalue weighted by Crippen LogP contribution is 2.16. The number of benzene rings is 1. The van der Waals surface area contributed by atoms with E-state index in [2.05, 4.69) is 10.3 Å². The average Bonchev–Trinajstić information content (AvgIpc) is 2.78. The van der Waals surface area contributed by atoms with Crippen LogP contribution in [-0.4, -0.2) is 26.1 Å². The molecule has 0 unspecified atom stereocenters. The second-order valence-corrected chi connectivity index (χ2v) is 4.30. The number of halogens is 2. The van der Waals surface area contributed by atoms with Crippen molar-refractivity contribution in [3.63, 3.8) is 0 Å². The van der Waals surface area contributed by atoms with E-state index in [9.17, 15) is 13.6 Å². The summed E-state index contributed by atoms with van der Waals surface area (Å²) in [5, 5.41) is 16.3. The lowest BCUT2D eigenvalue weighted by Gasteiger charge is -2.08. The van der Waals surface area contributed by atoms with Crippen molar-refractivity contribution in [2.45, 2.75) is 26.3 Å². The molecule has 1 aromatic heterocycles. The van der Waals surface area contributed by atoms with E-state index in [0.29, 0.717) is 18.5 Å². The van der Waals surface area contributed by atoms with Gasteiger partial charge in [-0.05, 0) is 18.6 Å². The number of nitrogens with zero attached hydrogens (tertiary/aromatic N) is 3. The molecule has 1 heterocycles. The summed E-state index contributed by atoms with van der Waals surface area (Å²) < 4.78 is 28.4. The van der Waals surface area contributed by atoms with E-state index in [0.717, 1.165) is 12.1 Å². The molecule has 1 N–H and O–H groups in total. The van der Waals surface area contributed by atoms with Crippen molar-refractivity contribution < 1.29 is 18.7 Å². The molecule has 0 saturated heterocycles. The molecule has 0 fully saturated rings. The van der Waals surface area contributed by atoms with Gasteiger partial charge in [0.1, 0.15) is 11.6 Å². The Morgan fingerprint density at radius 1 is 1.35 bits per heavy atom. The highest BCUT2D eigenvalue weighted by molar-refractivity contribution is 5.86. The third-order valence-corrected chi connectivity index (χ3v) is 2.90. The summed E-state index contributed by atoms with van der Waals surface area (Å²) >= 11 is 0. The number of rotatable bonds is 5. The molecule has 0 bridgehead atoms. The van der Waals surface area contributed by atoms with Crippen LogP contribution in [0.1, 0.15) is 35.1 Å². The first-order chi connectivity index (χ1) is 9.54. The van der Waals surface area contributed by atoms with Gasteiger partial charge in [0.15, 0.2) is 5.69 Å². The van der Waals surface area contributed by atoms with Crippen molar-refractivity contribution in [2.24, 2.45) is 0 Å². The number of carboxylic acid groups (broad SMARTS) is 1. The quantitative estimate of drug-likeness (QED) is 0.912. The zero-order chi connectivity index (χ0) is 14.7. The monoisotopic (exact) mass is 281 g/mol. The lowest BCUT2D eigenvalue weighted by Crippen LogP contribution is -2.11. The predicted octanol–water partition coefficient (Wildman–Crippen LogP) is 2.26. The van der Waals surface area contributed by atoms with Gasteiger partial charge in [0.2, 0.25) is 0 Å². The van der Waals surface area contributed by atoms with Crippen LogP contribution in [0.25, 0.3) is 0 Å². The molecule has 0 amide bonds. The molecule has 1 aromatic carbocycles. The Balaban J connectivity index is 2.41. The Hall–Kier alpha value is -2.31. The maximum atomic E-state index is 13.6. The molecule has 0 aliphatic rings. The van der Waals surface area contributed by atoms with Crippen molar-refractivity contribution in [3.8, 4) is 0 Å². The third kappa shape index (κ3) is 2.66. The number of aromatic nitrogens is 3. The number of hydrogen-bond donors (Lipinski definition) is 1. The SMILES string of the molecule is CCCc1c(C(=O)O)nnn1Cc1c(F)cccc1F. The van der Waals surface area contributed by atoms with E-state index in [1.165, 1.54) is 10.7 Å². The lowest BCUT2D eigenvalue weighted by molar-refractivity contribution is 0.0689. The van der Waals surface area contributed by atoms with Gasteiger partial charge in [0.05, 0.1) is 12.2 Å². The van der Waals surface area contributed by atoms with E-state index < -0.39 is 17.6 Å². The third-order valence-electron chi connectivity index (χ3n) is 2.90. The van der Waals surface area contributed by atoms with E-state index >= 15 is 0 Å². The topological polar surface area (TPSA) is 68.0 Å². The second-order valence-electron chi connectivity index (χ2n) is 4.30. The van der Waals surface area contributed by atoms with E-state index in [4.69, 9.17) is 5.11 Å². The van der Waals surface area contributed by atoms with Gasteiger partial charge in [-0.1, -0.05) is 24.6 Å². The van der Waals surface area contributed by atoms with Crippen LogP contribution >= 0.6 is 0 Å². The van der Waals surface area contributed by atoms with Crippen molar-refractivity contribution in [3.05, 3.63) is 46.8 Å². The van der Waals surface area contributed by atoms with Crippen LogP contribution in [0.4, 0.5) is 8.78 Å². The van der Waals surface area contributed by atoms with Crippen LogP contribution in [0, 0.1) is 11.6 Å². The summed E-state index contributed by atoms with van der Waals surface area (Å²) in [6.45, 7) is 1.68. The van der Waals surface area contributed by atoms with Gasteiger partial charge in [-0.15, -0.1) is 5.10 Å². The first kappa shape index (κ1) is 14.1. The summed E-state index contributed by atoms with van der Waals surface area (Å²) in [4.78, 5) is 11.0. The summed E-state index contributed by atoms with van der Waals surface area (Å²) in [6.07, 6.45) is 1.10. The molecule has 20 heavy (non-hydrogen) atoms. The molecule has 106 valence electrons. The minimum Gasteiger partial charge on any atom is -0.476 e. The number of carbonyl (C=O) groups is 1. The standard InChI is InChI=1S/C13H13F2N3O2/c1-2-4-11-12(13(19)20)16-17-18(11)7-8-9(14)5-3-6-10(8)15/h3,5-6H,2,4,7H2,1H3,(H,19,20). The van der Waals surface area contributed by atoms with Crippen LogP contribution in [0.5, 0.6) is 0 Å². The number of carboxylic acids is 1.